The highest BCUT2D eigenvalue weighted by atomic mass is 16.1. The van der Waals surface area contributed by atoms with Crippen LogP contribution in [-0.4, -0.2) is 9.55 Å². The number of hydrogen-bond acceptors (Lipinski definition) is 3. The average molecular weight is 339 g/mol. The lowest BCUT2D eigenvalue weighted by Gasteiger charge is -2.12. The maximum atomic E-state index is 13.2. The first-order chi connectivity index (χ1) is 12.7. The molecule has 0 saturated carbocycles. The minimum absolute atomic E-state index is 0.0959. The Bertz CT molecular complexity index is 1100. The molecule has 0 saturated heterocycles. The number of aromatic nitrogens is 2. The van der Waals surface area contributed by atoms with E-state index in [9.17, 15) is 4.79 Å². The van der Waals surface area contributed by atoms with Crippen molar-refractivity contribution in [3.05, 3.63) is 102 Å². The SMILES string of the molecule is Nc1cccc(-c2cc(-c3ccccn3)cn(-c3ccccc3)c2=O)c1. The van der Waals surface area contributed by atoms with Gasteiger partial charge in [0.05, 0.1) is 5.69 Å². The summed E-state index contributed by atoms with van der Waals surface area (Å²) in [6.07, 6.45) is 3.57. The number of para-hydroxylation sites is 1. The highest BCUT2D eigenvalue weighted by Gasteiger charge is 2.12. The van der Waals surface area contributed by atoms with Gasteiger partial charge in [-0.15, -0.1) is 0 Å². The molecule has 0 aliphatic rings. The van der Waals surface area contributed by atoms with Crippen molar-refractivity contribution in [3.8, 4) is 28.1 Å². The van der Waals surface area contributed by atoms with E-state index < -0.39 is 0 Å². The number of benzene rings is 2. The van der Waals surface area contributed by atoms with E-state index in [-0.39, 0.29) is 5.56 Å². The fraction of sp³-hybridized carbons (Fsp3) is 0. The lowest BCUT2D eigenvalue weighted by molar-refractivity contribution is 0.993. The largest absolute Gasteiger partial charge is 0.399 e. The second-order valence-electron chi connectivity index (χ2n) is 5.99. The lowest BCUT2D eigenvalue weighted by Crippen LogP contribution is -2.20. The van der Waals surface area contributed by atoms with Crippen molar-refractivity contribution in [2.75, 3.05) is 5.73 Å². The van der Waals surface area contributed by atoms with E-state index in [0.29, 0.717) is 11.3 Å². The molecule has 4 aromatic rings. The quantitative estimate of drug-likeness (QED) is 0.570. The first-order valence-corrected chi connectivity index (χ1v) is 8.32. The molecule has 0 bridgehead atoms. The maximum Gasteiger partial charge on any atom is 0.262 e. The van der Waals surface area contributed by atoms with Crippen molar-refractivity contribution in [1.82, 2.24) is 9.55 Å². The minimum Gasteiger partial charge on any atom is -0.399 e. The van der Waals surface area contributed by atoms with Gasteiger partial charge in [0.1, 0.15) is 0 Å². The third kappa shape index (κ3) is 3.00. The summed E-state index contributed by atoms with van der Waals surface area (Å²) in [5.41, 5.74) is 10.3. The average Bonchev–Trinajstić information content (AvgIpc) is 2.69. The monoisotopic (exact) mass is 339 g/mol. The lowest BCUT2D eigenvalue weighted by atomic mass is 10.0. The predicted octanol–water partition coefficient (Wildman–Crippen LogP) is 4.15. The van der Waals surface area contributed by atoms with Gasteiger partial charge in [-0.3, -0.25) is 14.3 Å². The Morgan fingerprint density at radius 2 is 1.62 bits per heavy atom. The Labute approximate surface area is 151 Å². The van der Waals surface area contributed by atoms with E-state index in [4.69, 9.17) is 5.73 Å². The first kappa shape index (κ1) is 15.8. The van der Waals surface area contributed by atoms with Gasteiger partial charge >= 0.3 is 0 Å². The Morgan fingerprint density at radius 1 is 0.808 bits per heavy atom. The van der Waals surface area contributed by atoms with Gasteiger partial charge in [-0.05, 0) is 48.0 Å². The first-order valence-electron chi connectivity index (χ1n) is 8.32. The molecule has 0 spiro atoms. The molecular formula is C22H17N3O. The Balaban J connectivity index is 2.01. The maximum absolute atomic E-state index is 13.2. The second kappa shape index (κ2) is 6.69. The highest BCUT2D eigenvalue weighted by Crippen LogP contribution is 2.24. The van der Waals surface area contributed by atoms with E-state index in [0.717, 1.165) is 22.5 Å². The zero-order valence-electron chi connectivity index (χ0n) is 14.0. The molecule has 4 rings (SSSR count). The summed E-state index contributed by atoms with van der Waals surface area (Å²) in [5, 5.41) is 0. The van der Waals surface area contributed by atoms with Gasteiger partial charge in [0.15, 0.2) is 0 Å². The number of pyridine rings is 2. The van der Waals surface area contributed by atoms with Crippen LogP contribution in [0, 0.1) is 0 Å². The van der Waals surface area contributed by atoms with Gasteiger partial charge in [-0.1, -0.05) is 36.4 Å². The van der Waals surface area contributed by atoms with Crippen LogP contribution < -0.4 is 11.3 Å². The predicted molar refractivity (Wildman–Crippen MR) is 105 cm³/mol. The number of anilines is 1. The summed E-state index contributed by atoms with van der Waals surface area (Å²) in [6.45, 7) is 0. The topological polar surface area (TPSA) is 60.9 Å². The standard InChI is InChI=1S/C22H17N3O/c23-18-8-6-7-16(13-18)20-14-17(21-11-4-5-12-24-21)15-25(22(20)26)19-9-2-1-3-10-19/h1-15H,23H2. The molecule has 0 amide bonds. The highest BCUT2D eigenvalue weighted by molar-refractivity contribution is 5.72. The van der Waals surface area contributed by atoms with Crippen LogP contribution in [0.25, 0.3) is 28.1 Å². The van der Waals surface area contributed by atoms with Crippen molar-refractivity contribution in [2.45, 2.75) is 0 Å². The van der Waals surface area contributed by atoms with Crippen LogP contribution in [0.2, 0.25) is 0 Å². The number of nitrogens with zero attached hydrogens (tertiary/aromatic N) is 2. The Hall–Kier alpha value is -3.66. The van der Waals surface area contributed by atoms with Crippen LogP contribution in [0.4, 0.5) is 5.69 Å². The summed E-state index contributed by atoms with van der Waals surface area (Å²) in [6, 6.07) is 24.5. The molecular weight excluding hydrogens is 322 g/mol. The zero-order chi connectivity index (χ0) is 17.9. The summed E-state index contributed by atoms with van der Waals surface area (Å²) in [7, 11) is 0. The number of nitrogens with two attached hydrogens (primary N) is 1. The Kier molecular flexibility index (Phi) is 4.07. The smallest absolute Gasteiger partial charge is 0.262 e. The summed E-state index contributed by atoms with van der Waals surface area (Å²) in [4.78, 5) is 17.6. The second-order valence-corrected chi connectivity index (χ2v) is 5.99. The van der Waals surface area contributed by atoms with Crippen molar-refractivity contribution in [2.24, 2.45) is 0 Å². The molecule has 4 heteroatoms. The van der Waals surface area contributed by atoms with Gasteiger partial charge in [0.2, 0.25) is 0 Å². The molecule has 4 nitrogen and oxygen atoms in total. The molecule has 0 radical (unpaired) electrons. The van der Waals surface area contributed by atoms with Crippen molar-refractivity contribution in [1.29, 1.82) is 0 Å². The molecule has 0 fully saturated rings. The molecule has 26 heavy (non-hydrogen) atoms. The summed E-state index contributed by atoms with van der Waals surface area (Å²) < 4.78 is 1.66. The van der Waals surface area contributed by atoms with E-state index in [1.165, 1.54) is 0 Å². The van der Waals surface area contributed by atoms with Gasteiger partial charge < -0.3 is 5.73 Å². The molecule has 0 atom stereocenters. The fourth-order valence-corrected chi connectivity index (χ4v) is 2.95. The van der Waals surface area contributed by atoms with Crippen LogP contribution in [0.5, 0.6) is 0 Å². The summed E-state index contributed by atoms with van der Waals surface area (Å²) >= 11 is 0. The summed E-state index contributed by atoms with van der Waals surface area (Å²) in [5.74, 6) is 0. The number of rotatable bonds is 3. The van der Waals surface area contributed by atoms with E-state index in [1.54, 1.807) is 10.8 Å². The van der Waals surface area contributed by atoms with E-state index in [1.807, 2.05) is 85.1 Å². The molecule has 126 valence electrons. The molecule has 0 unspecified atom stereocenters. The fourth-order valence-electron chi connectivity index (χ4n) is 2.95. The van der Waals surface area contributed by atoms with Gasteiger partial charge in [-0.25, -0.2) is 0 Å². The molecule has 0 aliphatic carbocycles. The van der Waals surface area contributed by atoms with Crippen molar-refractivity contribution < 1.29 is 0 Å². The zero-order valence-corrected chi connectivity index (χ0v) is 14.0. The third-order valence-corrected chi connectivity index (χ3v) is 4.21. The van der Waals surface area contributed by atoms with Crippen LogP contribution >= 0.6 is 0 Å². The van der Waals surface area contributed by atoms with Crippen molar-refractivity contribution in [3.63, 3.8) is 0 Å². The normalized spacial score (nSPS) is 10.6. The van der Waals surface area contributed by atoms with Gasteiger partial charge in [-0.2, -0.15) is 0 Å². The number of nitrogen functional groups attached to an aromatic ring is 1. The van der Waals surface area contributed by atoms with Crippen molar-refractivity contribution >= 4 is 5.69 Å². The van der Waals surface area contributed by atoms with Crippen LogP contribution in [0.3, 0.4) is 0 Å². The Morgan fingerprint density at radius 3 is 2.35 bits per heavy atom. The van der Waals surface area contributed by atoms with Crippen LogP contribution in [-0.2, 0) is 0 Å². The third-order valence-electron chi connectivity index (χ3n) is 4.21. The minimum atomic E-state index is -0.0959. The van der Waals surface area contributed by atoms with Gasteiger partial charge in [0, 0.05) is 34.9 Å². The van der Waals surface area contributed by atoms with E-state index in [2.05, 4.69) is 4.98 Å². The molecule has 2 N–H and O–H groups in total. The molecule has 0 aliphatic heterocycles. The molecule has 2 aromatic heterocycles. The van der Waals surface area contributed by atoms with E-state index >= 15 is 0 Å². The molecule has 2 aromatic carbocycles. The van der Waals surface area contributed by atoms with Crippen LogP contribution in [0.15, 0.2) is 96.1 Å². The number of hydrogen-bond donors (Lipinski definition) is 1. The van der Waals surface area contributed by atoms with Gasteiger partial charge in [0.25, 0.3) is 5.56 Å². The molecule has 2 heterocycles. The van der Waals surface area contributed by atoms with Crippen LogP contribution in [0.1, 0.15) is 0 Å².